The zero-order valence-corrected chi connectivity index (χ0v) is 15.9. The van der Waals surface area contributed by atoms with Crippen LogP contribution in [0.2, 0.25) is 0 Å². The molecule has 27 heavy (non-hydrogen) atoms. The first-order valence-electron chi connectivity index (χ1n) is 8.87. The van der Waals surface area contributed by atoms with E-state index < -0.39 is 10.8 Å². The molecule has 0 fully saturated rings. The third-order valence-electron chi connectivity index (χ3n) is 4.54. The highest BCUT2D eigenvalue weighted by Crippen LogP contribution is 2.24. The molecule has 0 aliphatic rings. The van der Waals surface area contributed by atoms with Crippen molar-refractivity contribution < 1.29 is 4.21 Å². The normalized spacial score (nSPS) is 12.2. The Bertz CT molecular complexity index is 1040. The lowest BCUT2D eigenvalue weighted by Crippen LogP contribution is -2.18. The Balaban J connectivity index is 1.56. The largest absolute Gasteiger partial charge is 0.370 e. The fourth-order valence-corrected chi connectivity index (χ4v) is 4.28. The summed E-state index contributed by atoms with van der Waals surface area (Å²) in [6.45, 7) is 0.801. The number of imidazole rings is 1. The number of fused-ring (bicyclic) bond motifs is 1. The van der Waals surface area contributed by atoms with Crippen LogP contribution in [0.15, 0.2) is 84.0 Å². The molecule has 5 heteroatoms. The van der Waals surface area contributed by atoms with E-state index in [1.807, 2.05) is 60.7 Å². The second-order valence-corrected chi connectivity index (χ2v) is 7.89. The highest BCUT2D eigenvalue weighted by molar-refractivity contribution is 7.84. The van der Waals surface area contributed by atoms with Crippen molar-refractivity contribution in [3.63, 3.8) is 0 Å². The van der Waals surface area contributed by atoms with E-state index in [-0.39, 0.29) is 0 Å². The Morgan fingerprint density at radius 3 is 2.44 bits per heavy atom. The van der Waals surface area contributed by atoms with Crippen LogP contribution in [0.4, 0.5) is 5.69 Å². The minimum atomic E-state index is -1.23. The van der Waals surface area contributed by atoms with Crippen LogP contribution in [-0.4, -0.2) is 21.2 Å². The molecule has 1 unspecified atom stereocenters. The van der Waals surface area contributed by atoms with E-state index in [1.165, 1.54) is 5.56 Å². The molecule has 0 bridgehead atoms. The van der Waals surface area contributed by atoms with Crippen LogP contribution in [0, 0.1) is 0 Å². The van der Waals surface area contributed by atoms with E-state index in [2.05, 4.69) is 40.1 Å². The van der Waals surface area contributed by atoms with E-state index in [0.717, 1.165) is 28.8 Å². The van der Waals surface area contributed by atoms with Gasteiger partial charge < -0.3 is 9.88 Å². The van der Waals surface area contributed by atoms with Gasteiger partial charge in [0.05, 0.1) is 27.6 Å². The van der Waals surface area contributed by atoms with Crippen LogP contribution in [-0.2, 0) is 23.1 Å². The maximum atomic E-state index is 12.9. The highest BCUT2D eigenvalue weighted by Gasteiger charge is 2.14. The molecule has 0 aliphatic carbocycles. The fourth-order valence-electron chi connectivity index (χ4n) is 3.19. The van der Waals surface area contributed by atoms with Crippen LogP contribution in [0.5, 0.6) is 0 Å². The summed E-state index contributed by atoms with van der Waals surface area (Å²) in [5.41, 5.74) is 5.14. The summed E-state index contributed by atoms with van der Waals surface area (Å²) >= 11 is 0. The van der Waals surface area contributed by atoms with Gasteiger partial charge in [-0.1, -0.05) is 60.7 Å². The lowest BCUT2D eigenvalue weighted by molar-refractivity contribution is 0.677. The third-order valence-corrected chi connectivity index (χ3v) is 5.73. The minimum Gasteiger partial charge on any atom is -0.370 e. The molecule has 4 rings (SSSR count). The van der Waals surface area contributed by atoms with Crippen molar-refractivity contribution in [3.05, 3.63) is 90.0 Å². The average molecular weight is 375 g/mol. The van der Waals surface area contributed by atoms with E-state index in [4.69, 9.17) is 0 Å². The van der Waals surface area contributed by atoms with Gasteiger partial charge in [-0.3, -0.25) is 4.21 Å². The van der Waals surface area contributed by atoms with E-state index >= 15 is 0 Å². The van der Waals surface area contributed by atoms with E-state index in [0.29, 0.717) is 10.9 Å². The van der Waals surface area contributed by atoms with Crippen molar-refractivity contribution in [2.45, 2.75) is 17.5 Å². The van der Waals surface area contributed by atoms with Gasteiger partial charge in [0, 0.05) is 19.3 Å². The van der Waals surface area contributed by atoms with Crippen molar-refractivity contribution in [2.75, 3.05) is 11.9 Å². The maximum Gasteiger partial charge on any atom is 0.197 e. The molecule has 4 aromatic rings. The number of H-pyrrole nitrogens is 1. The molecule has 1 heterocycles. The van der Waals surface area contributed by atoms with Crippen molar-refractivity contribution in [1.82, 2.24) is 9.97 Å². The zero-order chi connectivity index (χ0) is 18.6. The summed E-state index contributed by atoms with van der Waals surface area (Å²) in [7, 11) is 0.832. The summed E-state index contributed by atoms with van der Waals surface area (Å²) < 4.78 is 12.9. The molecule has 0 saturated carbocycles. The fraction of sp³-hybridized carbons (Fsp3) is 0.136. The van der Waals surface area contributed by atoms with E-state index in [1.54, 1.807) is 0 Å². The van der Waals surface area contributed by atoms with Gasteiger partial charge in [-0.25, -0.2) is 4.98 Å². The SMILES string of the molecule is CN(Cc1ccccc1)c1ccccc1CS(=O)c1nc2ccccc2[nH]1. The van der Waals surface area contributed by atoms with Gasteiger partial charge in [0.1, 0.15) is 0 Å². The van der Waals surface area contributed by atoms with Crippen LogP contribution >= 0.6 is 0 Å². The Kier molecular flexibility index (Phi) is 5.03. The number of rotatable bonds is 6. The van der Waals surface area contributed by atoms with Gasteiger partial charge in [0.25, 0.3) is 0 Å². The first-order valence-corrected chi connectivity index (χ1v) is 10.2. The molecule has 1 N–H and O–H groups in total. The maximum absolute atomic E-state index is 12.9. The lowest BCUT2D eigenvalue weighted by atomic mass is 10.1. The number of anilines is 1. The number of hydrogen-bond donors (Lipinski definition) is 1. The molecule has 1 aromatic heterocycles. The zero-order valence-electron chi connectivity index (χ0n) is 15.1. The monoisotopic (exact) mass is 375 g/mol. The Labute approximate surface area is 161 Å². The summed E-state index contributed by atoms with van der Waals surface area (Å²) in [5.74, 6) is 0.426. The molecule has 3 aromatic carbocycles. The quantitative estimate of drug-likeness (QED) is 0.539. The van der Waals surface area contributed by atoms with Crippen LogP contribution < -0.4 is 4.90 Å². The minimum absolute atomic E-state index is 0.426. The molecule has 0 saturated heterocycles. The summed E-state index contributed by atoms with van der Waals surface area (Å²) in [4.78, 5) is 9.86. The van der Waals surface area contributed by atoms with Crippen LogP contribution in [0.25, 0.3) is 11.0 Å². The number of nitrogens with one attached hydrogen (secondary N) is 1. The lowest BCUT2D eigenvalue weighted by Gasteiger charge is -2.22. The molecule has 0 radical (unpaired) electrons. The predicted octanol–water partition coefficient (Wildman–Crippen LogP) is 4.51. The van der Waals surface area contributed by atoms with Gasteiger partial charge in [0.15, 0.2) is 5.16 Å². The first-order chi connectivity index (χ1) is 13.2. The molecular weight excluding hydrogens is 354 g/mol. The van der Waals surface area contributed by atoms with Crippen LogP contribution in [0.1, 0.15) is 11.1 Å². The standard InChI is InChI=1S/C22H21N3OS/c1-25(15-17-9-3-2-4-10-17)21-14-8-5-11-18(21)16-27(26)22-23-19-12-6-7-13-20(19)24-22/h2-14H,15-16H2,1H3,(H,23,24). The molecule has 0 amide bonds. The Morgan fingerprint density at radius 2 is 1.63 bits per heavy atom. The molecule has 0 aliphatic heterocycles. The van der Waals surface area contributed by atoms with Crippen molar-refractivity contribution >= 4 is 27.5 Å². The topological polar surface area (TPSA) is 49.0 Å². The second kappa shape index (κ2) is 7.76. The van der Waals surface area contributed by atoms with Gasteiger partial charge in [-0.05, 0) is 29.3 Å². The number of benzene rings is 3. The van der Waals surface area contributed by atoms with Gasteiger partial charge in [-0.15, -0.1) is 0 Å². The van der Waals surface area contributed by atoms with E-state index in [9.17, 15) is 4.21 Å². The number of aromatic nitrogens is 2. The molecule has 4 nitrogen and oxygen atoms in total. The molecular formula is C22H21N3OS. The van der Waals surface area contributed by atoms with Gasteiger partial charge in [0.2, 0.25) is 0 Å². The number of aromatic amines is 1. The van der Waals surface area contributed by atoms with Crippen LogP contribution in [0.3, 0.4) is 0 Å². The molecule has 136 valence electrons. The Morgan fingerprint density at radius 1 is 0.926 bits per heavy atom. The van der Waals surface area contributed by atoms with Gasteiger partial charge >= 0.3 is 0 Å². The summed E-state index contributed by atoms with van der Waals surface area (Å²) in [6, 6.07) is 26.2. The Hall–Kier alpha value is -2.92. The molecule has 1 atom stereocenters. The van der Waals surface area contributed by atoms with Gasteiger partial charge in [-0.2, -0.15) is 0 Å². The number of hydrogen-bond acceptors (Lipinski definition) is 3. The highest BCUT2D eigenvalue weighted by atomic mass is 32.2. The second-order valence-electron chi connectivity index (χ2n) is 6.52. The summed E-state index contributed by atoms with van der Waals surface area (Å²) in [6.07, 6.45) is 0. The van der Waals surface area contributed by atoms with Crippen molar-refractivity contribution in [3.8, 4) is 0 Å². The third kappa shape index (κ3) is 3.93. The summed E-state index contributed by atoms with van der Waals surface area (Å²) in [5, 5.41) is 0.525. The first kappa shape index (κ1) is 17.5. The molecule has 0 spiro atoms. The number of nitrogens with zero attached hydrogens (tertiary/aromatic N) is 2. The van der Waals surface area contributed by atoms with Crippen molar-refractivity contribution in [2.24, 2.45) is 0 Å². The smallest absolute Gasteiger partial charge is 0.197 e. The number of para-hydroxylation sites is 3. The predicted molar refractivity (Wildman–Crippen MR) is 111 cm³/mol. The van der Waals surface area contributed by atoms with Crippen molar-refractivity contribution in [1.29, 1.82) is 0 Å². The average Bonchev–Trinajstić information content (AvgIpc) is 3.13.